The molecule has 3 N–H and O–H groups in total. The molecule has 1 aliphatic carbocycles. The summed E-state index contributed by atoms with van der Waals surface area (Å²) in [6.07, 6.45) is 8.30. The maximum Gasteiger partial charge on any atom is 0.128 e. The fourth-order valence-corrected chi connectivity index (χ4v) is 3.20. The van der Waals surface area contributed by atoms with Gasteiger partial charge in [0.2, 0.25) is 0 Å². The predicted octanol–water partition coefficient (Wildman–Crippen LogP) is 3.47. The second kappa shape index (κ2) is 6.02. The van der Waals surface area contributed by atoms with Gasteiger partial charge < -0.3 is 11.1 Å². The minimum Gasteiger partial charge on any atom is -0.369 e. The number of aryl methyl sites for hydroxylation is 1. The van der Waals surface area contributed by atoms with Crippen molar-refractivity contribution < 1.29 is 0 Å². The van der Waals surface area contributed by atoms with Gasteiger partial charge in [0.15, 0.2) is 0 Å². The topological polar surface area (TPSA) is 50.9 Å². The second-order valence-corrected chi connectivity index (χ2v) is 6.35. The van der Waals surface area contributed by atoms with Gasteiger partial charge in [-0.3, -0.25) is 0 Å². The highest BCUT2D eigenvalue weighted by atomic mass is 79.9. The van der Waals surface area contributed by atoms with Crippen LogP contribution >= 0.6 is 15.9 Å². The molecule has 2 rings (SSSR count). The summed E-state index contributed by atoms with van der Waals surface area (Å²) < 4.78 is 1.02. The summed E-state index contributed by atoms with van der Waals surface area (Å²) >= 11 is 3.44. The number of nitrogens with zero attached hydrogens (tertiary/aromatic N) is 1. The van der Waals surface area contributed by atoms with E-state index in [4.69, 9.17) is 5.73 Å². The third-order valence-electron chi connectivity index (χ3n) is 4.02. The van der Waals surface area contributed by atoms with Crippen molar-refractivity contribution in [2.45, 2.75) is 39.0 Å². The van der Waals surface area contributed by atoms with Crippen LogP contribution in [0.3, 0.4) is 0 Å². The molecule has 0 saturated heterocycles. The van der Waals surface area contributed by atoms with Gasteiger partial charge in [-0.25, -0.2) is 4.98 Å². The smallest absolute Gasteiger partial charge is 0.128 e. The van der Waals surface area contributed by atoms with Crippen molar-refractivity contribution in [2.24, 2.45) is 11.1 Å². The normalized spacial score (nSPS) is 18.6. The van der Waals surface area contributed by atoms with Crippen LogP contribution in [0.2, 0.25) is 0 Å². The van der Waals surface area contributed by atoms with E-state index < -0.39 is 0 Å². The van der Waals surface area contributed by atoms with Crippen molar-refractivity contribution in [3.8, 4) is 0 Å². The Morgan fingerprint density at radius 3 is 2.72 bits per heavy atom. The van der Waals surface area contributed by atoms with Crippen LogP contribution < -0.4 is 11.1 Å². The Morgan fingerprint density at radius 1 is 1.39 bits per heavy atom. The highest BCUT2D eigenvalue weighted by molar-refractivity contribution is 9.10. The first-order valence-corrected chi connectivity index (χ1v) is 7.51. The van der Waals surface area contributed by atoms with E-state index in [-0.39, 0.29) is 5.41 Å². The second-order valence-electron chi connectivity index (χ2n) is 5.44. The number of nitrogens with two attached hydrogens (primary N) is 1. The third-order valence-corrected chi connectivity index (χ3v) is 4.46. The van der Waals surface area contributed by atoms with E-state index >= 15 is 0 Å². The molecule has 0 amide bonds. The van der Waals surface area contributed by atoms with Crippen molar-refractivity contribution in [3.63, 3.8) is 0 Å². The maximum atomic E-state index is 6.00. The number of anilines is 1. The molecule has 1 saturated carbocycles. The highest BCUT2D eigenvalue weighted by Crippen LogP contribution is 2.35. The summed E-state index contributed by atoms with van der Waals surface area (Å²) in [5.74, 6) is 0.983. The van der Waals surface area contributed by atoms with Gasteiger partial charge in [-0.15, -0.1) is 0 Å². The van der Waals surface area contributed by atoms with Crippen molar-refractivity contribution in [1.29, 1.82) is 0 Å². The number of rotatable bonds is 4. The van der Waals surface area contributed by atoms with Gasteiger partial charge in [0.1, 0.15) is 5.82 Å². The molecule has 3 nitrogen and oxygen atoms in total. The van der Waals surface area contributed by atoms with Crippen molar-refractivity contribution in [3.05, 3.63) is 22.3 Å². The van der Waals surface area contributed by atoms with E-state index in [1.807, 2.05) is 6.20 Å². The number of hydrogen-bond acceptors (Lipinski definition) is 3. The van der Waals surface area contributed by atoms with Gasteiger partial charge >= 0.3 is 0 Å². The largest absolute Gasteiger partial charge is 0.369 e. The molecule has 100 valence electrons. The standard InChI is InChI=1S/C14H22BrN3/c1-11-7-12(15)8-17-13(11)18-10-14(9-16)5-3-2-4-6-14/h7-8H,2-6,9-10,16H2,1H3,(H,17,18). The first kappa shape index (κ1) is 13.8. The number of nitrogens with one attached hydrogen (secondary N) is 1. The number of aromatic nitrogens is 1. The van der Waals surface area contributed by atoms with Crippen LogP contribution in [-0.4, -0.2) is 18.1 Å². The molecule has 1 heterocycles. The lowest BCUT2D eigenvalue weighted by molar-refractivity contribution is 0.215. The van der Waals surface area contributed by atoms with Crippen LogP contribution in [0.1, 0.15) is 37.7 Å². The average molecular weight is 312 g/mol. The molecule has 1 fully saturated rings. The average Bonchev–Trinajstić information content (AvgIpc) is 2.39. The molecule has 1 aromatic heterocycles. The van der Waals surface area contributed by atoms with Gasteiger partial charge in [0.05, 0.1) is 0 Å². The van der Waals surface area contributed by atoms with E-state index in [1.54, 1.807) is 0 Å². The summed E-state index contributed by atoms with van der Waals surface area (Å²) in [5.41, 5.74) is 7.45. The Labute approximate surface area is 118 Å². The molecule has 0 radical (unpaired) electrons. The van der Waals surface area contributed by atoms with Crippen molar-refractivity contribution in [2.75, 3.05) is 18.4 Å². The summed E-state index contributed by atoms with van der Waals surface area (Å²) in [4.78, 5) is 4.43. The van der Waals surface area contributed by atoms with Crippen LogP contribution in [0.15, 0.2) is 16.7 Å². The molecule has 4 heteroatoms. The SMILES string of the molecule is Cc1cc(Br)cnc1NCC1(CN)CCCCC1. The third kappa shape index (κ3) is 3.23. The Balaban J connectivity index is 2.01. The predicted molar refractivity (Wildman–Crippen MR) is 79.7 cm³/mol. The molecule has 1 aromatic rings. The first-order chi connectivity index (χ1) is 8.65. The van der Waals surface area contributed by atoms with E-state index in [1.165, 1.54) is 37.7 Å². The first-order valence-electron chi connectivity index (χ1n) is 6.71. The Kier molecular flexibility index (Phi) is 4.62. The molecule has 0 bridgehead atoms. The van der Waals surface area contributed by atoms with E-state index in [9.17, 15) is 0 Å². The summed E-state index contributed by atoms with van der Waals surface area (Å²) in [6, 6.07) is 2.09. The van der Waals surface area contributed by atoms with Crippen LogP contribution in [0.25, 0.3) is 0 Å². The fraction of sp³-hybridized carbons (Fsp3) is 0.643. The van der Waals surface area contributed by atoms with Gasteiger partial charge in [-0.1, -0.05) is 19.3 Å². The molecular weight excluding hydrogens is 290 g/mol. The highest BCUT2D eigenvalue weighted by Gasteiger charge is 2.30. The Hall–Kier alpha value is -0.610. The molecular formula is C14H22BrN3. The van der Waals surface area contributed by atoms with E-state index in [0.29, 0.717) is 0 Å². The van der Waals surface area contributed by atoms with Gasteiger partial charge in [-0.2, -0.15) is 0 Å². The molecule has 0 unspecified atom stereocenters. The zero-order valence-electron chi connectivity index (χ0n) is 11.0. The quantitative estimate of drug-likeness (QED) is 0.895. The van der Waals surface area contributed by atoms with Crippen molar-refractivity contribution in [1.82, 2.24) is 4.98 Å². The minimum atomic E-state index is 0.277. The molecule has 0 spiro atoms. The van der Waals surface area contributed by atoms with Crippen LogP contribution in [-0.2, 0) is 0 Å². The lowest BCUT2D eigenvalue weighted by atomic mass is 9.74. The molecule has 1 aliphatic rings. The maximum absolute atomic E-state index is 6.00. The van der Waals surface area contributed by atoms with Gasteiger partial charge in [0, 0.05) is 17.2 Å². The Bertz CT molecular complexity index is 400. The number of halogens is 1. The zero-order valence-corrected chi connectivity index (χ0v) is 12.6. The lowest BCUT2D eigenvalue weighted by Crippen LogP contribution is -2.39. The van der Waals surface area contributed by atoms with E-state index in [2.05, 4.69) is 39.2 Å². The van der Waals surface area contributed by atoms with Crippen LogP contribution in [0.5, 0.6) is 0 Å². The zero-order chi connectivity index (χ0) is 13.0. The minimum absolute atomic E-state index is 0.277. The summed E-state index contributed by atoms with van der Waals surface area (Å²) in [6.45, 7) is 3.80. The van der Waals surface area contributed by atoms with Crippen LogP contribution in [0.4, 0.5) is 5.82 Å². The molecule has 0 atom stereocenters. The lowest BCUT2D eigenvalue weighted by Gasteiger charge is -2.36. The van der Waals surface area contributed by atoms with Crippen molar-refractivity contribution >= 4 is 21.7 Å². The van der Waals surface area contributed by atoms with E-state index in [0.717, 1.165) is 23.4 Å². The molecule has 0 aliphatic heterocycles. The monoisotopic (exact) mass is 311 g/mol. The van der Waals surface area contributed by atoms with Gasteiger partial charge in [-0.05, 0) is 59.3 Å². The number of pyridine rings is 1. The fourth-order valence-electron chi connectivity index (χ4n) is 2.75. The summed E-state index contributed by atoms with van der Waals surface area (Å²) in [7, 11) is 0. The molecule has 0 aromatic carbocycles. The Morgan fingerprint density at radius 2 is 2.11 bits per heavy atom. The number of hydrogen-bond donors (Lipinski definition) is 2. The summed E-state index contributed by atoms with van der Waals surface area (Å²) in [5, 5.41) is 3.49. The van der Waals surface area contributed by atoms with Gasteiger partial charge in [0.25, 0.3) is 0 Å². The van der Waals surface area contributed by atoms with Crippen LogP contribution in [0, 0.1) is 12.3 Å². The molecule has 18 heavy (non-hydrogen) atoms.